The van der Waals surface area contributed by atoms with E-state index in [4.69, 9.17) is 16.3 Å². The maximum absolute atomic E-state index is 12.8. The molecule has 1 atom stereocenters. The highest BCUT2D eigenvalue weighted by atomic mass is 35.5. The van der Waals surface area contributed by atoms with E-state index in [1.807, 2.05) is 30.3 Å². The van der Waals surface area contributed by atoms with Gasteiger partial charge in [-0.1, -0.05) is 35.9 Å². The van der Waals surface area contributed by atoms with Gasteiger partial charge in [-0.15, -0.1) is 0 Å². The number of ether oxygens (including phenoxy) is 1. The third-order valence-electron chi connectivity index (χ3n) is 4.49. The van der Waals surface area contributed by atoms with Gasteiger partial charge in [-0.05, 0) is 61.0 Å². The Morgan fingerprint density at radius 1 is 0.857 bits per heavy atom. The first-order valence-corrected chi connectivity index (χ1v) is 9.00. The first kappa shape index (κ1) is 18.2. The summed E-state index contributed by atoms with van der Waals surface area (Å²) in [5.74, 6) is 0.403. The lowest BCUT2D eigenvalue weighted by molar-refractivity contribution is 0.0926. The fourth-order valence-electron chi connectivity index (χ4n) is 3.05. The third-order valence-corrected chi connectivity index (χ3v) is 4.71. The Kier molecular flexibility index (Phi) is 4.41. The highest BCUT2D eigenvalue weighted by Gasteiger charge is 2.37. The van der Waals surface area contributed by atoms with Gasteiger partial charge in [-0.3, -0.25) is 9.59 Å². The van der Waals surface area contributed by atoms with Crippen molar-refractivity contribution in [2.75, 3.05) is 4.90 Å². The number of anilines is 1. The number of nitrogens with zero attached hydrogens (tertiary/aromatic N) is 1. The lowest BCUT2D eigenvalue weighted by Crippen LogP contribution is -2.29. The third kappa shape index (κ3) is 3.26. The van der Waals surface area contributed by atoms with Gasteiger partial charge >= 0.3 is 0 Å². The predicted octanol–water partition coefficient (Wildman–Crippen LogP) is 4.68. The first-order chi connectivity index (χ1) is 13.3. The summed E-state index contributed by atoms with van der Waals surface area (Å²) in [6, 6.07) is 20.5. The van der Waals surface area contributed by atoms with Crippen LogP contribution in [0.4, 0.5) is 5.69 Å². The number of aliphatic hydroxyl groups is 1. The van der Waals surface area contributed by atoms with E-state index in [-0.39, 0.29) is 11.1 Å². The van der Waals surface area contributed by atoms with Crippen molar-refractivity contribution in [2.24, 2.45) is 0 Å². The van der Waals surface area contributed by atoms with Gasteiger partial charge < -0.3 is 9.84 Å². The highest BCUT2D eigenvalue weighted by Crippen LogP contribution is 2.34. The summed E-state index contributed by atoms with van der Waals surface area (Å²) in [5, 5.41) is 8.33. The molecule has 1 heterocycles. The first-order valence-electron chi connectivity index (χ1n) is 8.62. The number of hydrogen-bond acceptors (Lipinski definition) is 4. The molecule has 4 rings (SSSR count). The van der Waals surface area contributed by atoms with Crippen LogP contribution in [0.1, 0.15) is 33.2 Å². The van der Waals surface area contributed by atoms with E-state index in [0.29, 0.717) is 22.7 Å². The summed E-state index contributed by atoms with van der Waals surface area (Å²) >= 11 is 5.91. The predicted molar refractivity (Wildman–Crippen MR) is 106 cm³/mol. The van der Waals surface area contributed by atoms with Crippen LogP contribution in [0.2, 0.25) is 0 Å². The van der Waals surface area contributed by atoms with Crippen LogP contribution in [0, 0.1) is 0 Å². The van der Waals surface area contributed by atoms with Gasteiger partial charge in [-0.2, -0.15) is 0 Å². The number of hydrogen-bond donors (Lipinski definition) is 1. The van der Waals surface area contributed by atoms with Crippen molar-refractivity contribution in [3.8, 4) is 11.5 Å². The molecule has 0 saturated carbocycles. The molecule has 140 valence electrons. The minimum Gasteiger partial charge on any atom is -0.457 e. The van der Waals surface area contributed by atoms with E-state index in [2.05, 4.69) is 0 Å². The number of benzene rings is 3. The van der Waals surface area contributed by atoms with E-state index in [1.165, 1.54) is 25.1 Å². The van der Waals surface area contributed by atoms with Crippen molar-refractivity contribution in [3.05, 3.63) is 89.5 Å². The second-order valence-corrected chi connectivity index (χ2v) is 7.30. The van der Waals surface area contributed by atoms with E-state index < -0.39 is 16.9 Å². The Hall–Kier alpha value is -3.15. The molecular weight excluding hydrogens is 378 g/mol. The molecule has 6 heteroatoms. The summed E-state index contributed by atoms with van der Waals surface area (Å²) in [5.41, 5.74) is 1.28. The number of rotatable bonds is 4. The van der Waals surface area contributed by atoms with Crippen LogP contribution in [0.3, 0.4) is 0 Å². The van der Waals surface area contributed by atoms with Crippen molar-refractivity contribution >= 4 is 29.1 Å². The topological polar surface area (TPSA) is 66.8 Å². The summed E-state index contributed by atoms with van der Waals surface area (Å²) < 4.78 is 5.73. The lowest BCUT2D eigenvalue weighted by atomic mass is 10.0. The van der Waals surface area contributed by atoms with E-state index in [0.717, 1.165) is 4.90 Å². The summed E-state index contributed by atoms with van der Waals surface area (Å²) in [6.45, 7) is 1.40. The minimum absolute atomic E-state index is 0.216. The summed E-state index contributed by atoms with van der Waals surface area (Å²) in [4.78, 5) is 26.6. The van der Waals surface area contributed by atoms with Crippen LogP contribution >= 0.6 is 11.6 Å². The number of halogens is 1. The zero-order valence-electron chi connectivity index (χ0n) is 14.9. The van der Waals surface area contributed by atoms with Gasteiger partial charge in [0.2, 0.25) is 0 Å². The Balaban J connectivity index is 1.61. The number of carbonyl (C=O) groups is 2. The molecule has 28 heavy (non-hydrogen) atoms. The SMILES string of the molecule is C[C@@](O)(Cl)c1ccc2c(c1)C(=O)N(c1ccc(Oc3ccccc3)cc1)C2=O. The second-order valence-electron chi connectivity index (χ2n) is 6.57. The van der Waals surface area contributed by atoms with Crippen LogP contribution in [0.25, 0.3) is 0 Å². The van der Waals surface area contributed by atoms with Gasteiger partial charge in [0.1, 0.15) is 11.5 Å². The van der Waals surface area contributed by atoms with Gasteiger partial charge in [0.15, 0.2) is 5.06 Å². The van der Waals surface area contributed by atoms with Gasteiger partial charge in [0, 0.05) is 0 Å². The number of imide groups is 1. The van der Waals surface area contributed by atoms with Crippen molar-refractivity contribution in [1.82, 2.24) is 0 Å². The standard InChI is InChI=1S/C22H16ClNO4/c1-22(23,27)14-7-12-18-19(13-14)21(26)24(20(18)25)15-8-10-17(11-9-15)28-16-5-3-2-4-6-16/h2-13,27H,1H3/t22-/m0/s1. The van der Waals surface area contributed by atoms with Crippen LogP contribution in [0.5, 0.6) is 11.5 Å². The van der Waals surface area contributed by atoms with E-state index >= 15 is 0 Å². The molecule has 1 aliphatic heterocycles. The molecule has 3 aromatic rings. The molecule has 0 aliphatic carbocycles. The maximum atomic E-state index is 12.8. The molecule has 0 unspecified atom stereocenters. The molecule has 1 N–H and O–H groups in total. The van der Waals surface area contributed by atoms with E-state index in [1.54, 1.807) is 24.3 Å². The average molecular weight is 394 g/mol. The molecule has 0 spiro atoms. The monoisotopic (exact) mass is 393 g/mol. The van der Waals surface area contributed by atoms with Crippen molar-refractivity contribution in [2.45, 2.75) is 12.0 Å². The minimum atomic E-state index is -1.62. The fourth-order valence-corrected chi connectivity index (χ4v) is 3.16. The van der Waals surface area contributed by atoms with E-state index in [9.17, 15) is 14.7 Å². The molecule has 0 saturated heterocycles. The molecule has 0 bridgehead atoms. The fraction of sp³-hybridized carbons (Fsp3) is 0.0909. The molecular formula is C22H16ClNO4. The summed E-state index contributed by atoms with van der Waals surface area (Å²) in [7, 11) is 0. The van der Waals surface area contributed by atoms with Gasteiger partial charge in [-0.25, -0.2) is 4.90 Å². The van der Waals surface area contributed by atoms with Gasteiger partial charge in [0.25, 0.3) is 11.8 Å². The zero-order chi connectivity index (χ0) is 19.9. The Morgan fingerprint density at radius 3 is 2.11 bits per heavy atom. The quantitative estimate of drug-likeness (QED) is 0.516. The van der Waals surface area contributed by atoms with Crippen molar-refractivity contribution in [3.63, 3.8) is 0 Å². The van der Waals surface area contributed by atoms with Crippen LogP contribution in [-0.2, 0) is 5.06 Å². The molecule has 3 aromatic carbocycles. The molecule has 0 fully saturated rings. The lowest BCUT2D eigenvalue weighted by Gasteiger charge is -2.15. The summed E-state index contributed by atoms with van der Waals surface area (Å²) in [6.07, 6.45) is 0. The van der Waals surface area contributed by atoms with Crippen molar-refractivity contribution < 1.29 is 19.4 Å². The van der Waals surface area contributed by atoms with Crippen LogP contribution in [-0.4, -0.2) is 16.9 Å². The highest BCUT2D eigenvalue weighted by molar-refractivity contribution is 6.34. The second kappa shape index (κ2) is 6.78. The molecule has 0 radical (unpaired) electrons. The Bertz CT molecular complexity index is 1060. The average Bonchev–Trinajstić information content (AvgIpc) is 2.93. The molecule has 5 nitrogen and oxygen atoms in total. The number of alkyl halides is 1. The Labute approximate surface area is 166 Å². The molecule has 2 amide bonds. The van der Waals surface area contributed by atoms with Crippen LogP contribution in [0.15, 0.2) is 72.8 Å². The Morgan fingerprint density at radius 2 is 1.46 bits per heavy atom. The molecule has 1 aliphatic rings. The van der Waals surface area contributed by atoms with Crippen molar-refractivity contribution in [1.29, 1.82) is 0 Å². The normalized spacial score (nSPS) is 15.3. The number of carbonyl (C=O) groups excluding carboxylic acids is 2. The zero-order valence-corrected chi connectivity index (χ0v) is 15.7. The van der Waals surface area contributed by atoms with Crippen LogP contribution < -0.4 is 9.64 Å². The number of fused-ring (bicyclic) bond motifs is 1. The number of para-hydroxylation sites is 1. The largest absolute Gasteiger partial charge is 0.457 e. The maximum Gasteiger partial charge on any atom is 0.266 e. The number of amides is 2. The smallest absolute Gasteiger partial charge is 0.266 e. The van der Waals surface area contributed by atoms with Gasteiger partial charge in [0.05, 0.1) is 16.8 Å². The molecule has 0 aromatic heterocycles.